The third kappa shape index (κ3) is 3.20. The van der Waals surface area contributed by atoms with Gasteiger partial charge in [0.2, 0.25) is 0 Å². The number of fused-ring (bicyclic) bond motifs is 3. The van der Waals surface area contributed by atoms with E-state index in [1.807, 2.05) is 0 Å². The van der Waals surface area contributed by atoms with Crippen LogP contribution in [0.1, 0.15) is 65.7 Å². The molecule has 4 nitrogen and oxygen atoms in total. The van der Waals surface area contributed by atoms with Gasteiger partial charge in [-0.25, -0.2) is 0 Å². The minimum atomic E-state index is -3.55. The summed E-state index contributed by atoms with van der Waals surface area (Å²) in [5, 5.41) is 11.2. The zero-order chi connectivity index (χ0) is 30.6. The van der Waals surface area contributed by atoms with Crippen LogP contribution in [-0.4, -0.2) is 43.2 Å². The lowest BCUT2D eigenvalue weighted by Gasteiger charge is -2.46. The van der Waals surface area contributed by atoms with Gasteiger partial charge in [-0.2, -0.15) is 0 Å². The number of hydrogen-bond donors (Lipinski definition) is 1. The summed E-state index contributed by atoms with van der Waals surface area (Å²) in [4.78, 5) is 0.129. The number of rotatable bonds is 4. The second-order valence-electron chi connectivity index (χ2n) is 5.78. The maximum absolute atomic E-state index is 11.2. The molecule has 3 atom stereocenters. The molecule has 1 saturated heterocycles. The molecule has 1 aromatic rings. The fourth-order valence-electron chi connectivity index (χ4n) is 2.59. The largest absolute Gasteiger partial charge is 0.493 e. The molecular weight excluding hydrogens is 290 g/mol. The average Bonchev–Trinajstić information content (AvgIpc) is 2.67. The van der Waals surface area contributed by atoms with Gasteiger partial charge in [-0.05, 0) is 54.2 Å². The van der Waals surface area contributed by atoms with Crippen molar-refractivity contribution in [1.82, 2.24) is 4.90 Å². The molecule has 0 aromatic heterocycles. The Kier molecular flexibility index (Phi) is 1.72. The van der Waals surface area contributed by atoms with Gasteiger partial charge in [-0.1, -0.05) is 13.8 Å². The predicted octanol–water partition coefficient (Wildman–Crippen LogP) is 3.03. The predicted molar refractivity (Wildman–Crippen MR) is 91.1 cm³/mol. The monoisotopic (exact) mass is 335 g/mol. The smallest absolute Gasteiger partial charge is 0.161 e. The zero-order valence-corrected chi connectivity index (χ0v) is 12.7. The molecule has 2 aliphatic heterocycles. The third-order valence-electron chi connectivity index (χ3n) is 3.63. The lowest BCUT2D eigenvalue weighted by Crippen LogP contribution is -2.48. The molecule has 1 aromatic carbocycles. The average molecular weight is 336 g/mol. The highest BCUT2D eigenvalue weighted by molar-refractivity contribution is 5.49. The van der Waals surface area contributed by atoms with Gasteiger partial charge in [0.1, 0.15) is 0 Å². The maximum atomic E-state index is 11.2. The molecule has 0 radical (unpaired) electrons. The highest BCUT2D eigenvalue weighted by Crippen LogP contribution is 2.43. The Morgan fingerprint density at radius 3 is 2.83 bits per heavy atom. The summed E-state index contributed by atoms with van der Waals surface area (Å²) >= 11 is 0. The van der Waals surface area contributed by atoms with Crippen LogP contribution in [0.15, 0.2) is 12.1 Å². The molecule has 23 heavy (non-hydrogen) atoms. The van der Waals surface area contributed by atoms with E-state index in [-0.39, 0.29) is 4.90 Å². The summed E-state index contributed by atoms with van der Waals surface area (Å²) in [6.07, 6.45) is -10.8. The number of benzene rings is 1. The summed E-state index contributed by atoms with van der Waals surface area (Å²) in [7, 11) is -6.42. The quantitative estimate of drug-likeness (QED) is 0.918. The lowest BCUT2D eigenvalue weighted by atomic mass is 9.79. The fourth-order valence-corrected chi connectivity index (χ4v) is 2.59. The fraction of sp³-hybridized carbons (Fsp3) is 0.684. The van der Waals surface area contributed by atoms with E-state index in [2.05, 4.69) is 0 Å². The molecule has 3 rings (SSSR count). The molecule has 0 amide bonds. The minimum Gasteiger partial charge on any atom is -0.493 e. The number of hydrogen-bond acceptors (Lipinski definition) is 4. The summed E-state index contributed by atoms with van der Waals surface area (Å²) < 4.78 is 141. The minimum absolute atomic E-state index is 0.129. The van der Waals surface area contributed by atoms with Gasteiger partial charge in [0.25, 0.3) is 0 Å². The number of nitrogens with zero attached hydrogens (tertiary/aromatic N) is 1. The highest BCUT2D eigenvalue weighted by atomic mass is 16.5. The molecule has 128 valence electrons. The summed E-state index contributed by atoms with van der Waals surface area (Å²) in [5.74, 6) is -5.30. The lowest BCUT2D eigenvalue weighted by molar-refractivity contribution is -0.0191. The van der Waals surface area contributed by atoms with E-state index < -0.39 is 92.8 Å². The van der Waals surface area contributed by atoms with E-state index in [4.69, 9.17) is 31.4 Å². The number of ether oxygens (including phenoxy) is 2. The number of aliphatic hydroxyl groups is 1. The molecule has 4 heteroatoms. The van der Waals surface area contributed by atoms with E-state index in [9.17, 15) is 5.11 Å². The Morgan fingerprint density at radius 1 is 1.39 bits per heavy atom. The van der Waals surface area contributed by atoms with Crippen molar-refractivity contribution in [2.75, 3.05) is 27.1 Å². The summed E-state index contributed by atoms with van der Waals surface area (Å²) in [6, 6.07) is -1.00. The normalized spacial score (nSPS) is 54.0. The van der Waals surface area contributed by atoms with Crippen molar-refractivity contribution in [2.24, 2.45) is 11.8 Å². The van der Waals surface area contributed by atoms with Gasteiger partial charge in [0.05, 0.1) is 29.8 Å². The van der Waals surface area contributed by atoms with Crippen molar-refractivity contribution in [3.63, 3.8) is 0 Å². The Morgan fingerprint density at radius 2 is 2.13 bits per heavy atom. The Balaban J connectivity index is 2.48. The van der Waals surface area contributed by atoms with Gasteiger partial charge >= 0.3 is 0 Å². The van der Waals surface area contributed by atoms with Crippen LogP contribution in [0, 0.1) is 11.8 Å². The Bertz CT molecular complexity index is 1130. The van der Waals surface area contributed by atoms with Gasteiger partial charge in [-0.15, -0.1) is 0 Å². The highest BCUT2D eigenvalue weighted by Gasteiger charge is 2.38. The second-order valence-corrected chi connectivity index (χ2v) is 5.78. The van der Waals surface area contributed by atoms with Crippen LogP contribution < -0.4 is 9.47 Å². The van der Waals surface area contributed by atoms with Crippen molar-refractivity contribution < 1.29 is 36.5 Å². The van der Waals surface area contributed by atoms with Crippen LogP contribution in [-0.2, 0) is 6.37 Å². The SMILES string of the molecule is [2H]C([2H])([2H])Oc1cc2c(cc1OC([2H])([2H])[2H])C([2H])([2H])C([2H])([2H])N1[C@H]2C([2H])([2H])[C@@]([2H])(O)[C@@]([2H])(CC(C)C)C1([2H])[2H]. The first-order valence-electron chi connectivity index (χ1n) is 15.1. The second kappa shape index (κ2) is 6.70. The van der Waals surface area contributed by atoms with Crippen LogP contribution in [0.3, 0.4) is 0 Å². The zero-order valence-electron chi connectivity index (χ0n) is 28.7. The Hall–Kier alpha value is -1.26. The van der Waals surface area contributed by atoms with Gasteiger partial charge in [-0.3, -0.25) is 4.90 Å². The molecule has 2 aliphatic rings. The van der Waals surface area contributed by atoms with E-state index in [1.54, 1.807) is 0 Å². The first-order valence-corrected chi connectivity index (χ1v) is 7.14. The van der Waals surface area contributed by atoms with Gasteiger partial charge in [0.15, 0.2) is 11.5 Å². The van der Waals surface area contributed by atoms with E-state index >= 15 is 0 Å². The van der Waals surface area contributed by atoms with Crippen LogP contribution >= 0.6 is 0 Å². The third-order valence-corrected chi connectivity index (χ3v) is 3.63. The molecule has 1 N–H and O–H groups in total. The Labute approximate surface area is 161 Å². The molecule has 0 bridgehead atoms. The summed E-state index contributed by atoms with van der Waals surface area (Å²) in [5.41, 5.74) is -1.37. The van der Waals surface area contributed by atoms with Crippen LogP contribution in [0.25, 0.3) is 0 Å². The standard InChI is InChI=1S/C19H29NO3/c1-12(2)7-14-11-20-6-5-13-8-18(22-3)19(23-4)9-15(13)16(20)10-17(14)21/h8-9,12,14,16-17,21H,5-7,10-11H2,1-4H3/t14-,16-,17+/m0/s1/i3D3,4D3,5D2,6D2,10D2,11D2,14D,17D. The van der Waals surface area contributed by atoms with Crippen LogP contribution in [0.5, 0.6) is 11.5 Å². The molecular formula is C19H29NO3. The first kappa shape index (κ1) is 5.92. The molecule has 0 saturated carbocycles. The van der Waals surface area contributed by atoms with Crippen molar-refractivity contribution in [3.8, 4) is 11.5 Å². The molecule has 1 fully saturated rings. The van der Waals surface area contributed by atoms with Crippen LogP contribution in [0.4, 0.5) is 0 Å². The van der Waals surface area contributed by atoms with Crippen molar-refractivity contribution in [2.45, 2.75) is 45.1 Å². The van der Waals surface area contributed by atoms with Gasteiger partial charge in [0, 0.05) is 31.4 Å². The van der Waals surface area contributed by atoms with E-state index in [0.29, 0.717) is 12.1 Å². The molecule has 0 aliphatic carbocycles. The summed E-state index contributed by atoms with van der Waals surface area (Å²) in [6.45, 7) is -3.79. The topological polar surface area (TPSA) is 41.9 Å². The molecule has 2 heterocycles. The van der Waals surface area contributed by atoms with Crippen molar-refractivity contribution in [3.05, 3.63) is 23.3 Å². The number of methoxy groups -OCH3 is 2. The van der Waals surface area contributed by atoms with Crippen molar-refractivity contribution >= 4 is 0 Å². The van der Waals surface area contributed by atoms with E-state index in [1.165, 1.54) is 13.8 Å². The first-order chi connectivity index (χ1) is 17.1. The van der Waals surface area contributed by atoms with E-state index in [0.717, 1.165) is 0 Å². The molecule has 0 unspecified atom stereocenters. The van der Waals surface area contributed by atoms with Crippen molar-refractivity contribution in [1.29, 1.82) is 0 Å². The maximum Gasteiger partial charge on any atom is 0.161 e. The molecule has 0 spiro atoms. The number of piperidine rings is 1. The number of aryl methyl sites for hydroxylation is 1. The van der Waals surface area contributed by atoms with Gasteiger partial charge < -0.3 is 14.6 Å². The van der Waals surface area contributed by atoms with Crippen LogP contribution in [0.2, 0.25) is 0 Å².